The first kappa shape index (κ1) is 17.5. The largest absolute Gasteiger partial charge is 0.488 e. The first-order valence-electron chi connectivity index (χ1n) is 7.29. The Kier molecular flexibility index (Phi) is 4.81. The second-order valence-electron chi connectivity index (χ2n) is 6.34. The van der Waals surface area contributed by atoms with E-state index in [9.17, 15) is 8.42 Å². The minimum absolute atomic E-state index is 0.102. The standard InChI is InChI=1S/C16H22N2O4S/c1-11-15(12(2)22-18-11)23(19,20)17-10-13-6-8-14(9-7-13)21-16(3,4)5/h6-9,17H,10H2,1-5H3. The van der Waals surface area contributed by atoms with Gasteiger partial charge in [-0.1, -0.05) is 17.3 Å². The molecule has 7 heteroatoms. The number of sulfonamides is 1. The average Bonchev–Trinajstić information content (AvgIpc) is 2.76. The summed E-state index contributed by atoms with van der Waals surface area (Å²) in [4.78, 5) is 0.102. The Morgan fingerprint density at radius 2 is 1.78 bits per heavy atom. The Bertz CT molecular complexity index is 752. The van der Waals surface area contributed by atoms with Gasteiger partial charge in [-0.25, -0.2) is 13.1 Å². The van der Waals surface area contributed by atoms with Gasteiger partial charge in [0.2, 0.25) is 10.0 Å². The van der Waals surface area contributed by atoms with Crippen LogP contribution in [0.1, 0.15) is 37.8 Å². The molecule has 0 aliphatic rings. The monoisotopic (exact) mass is 338 g/mol. The molecule has 6 nitrogen and oxygen atoms in total. The maximum absolute atomic E-state index is 12.3. The Hall–Kier alpha value is -1.86. The number of hydrogen-bond donors (Lipinski definition) is 1. The number of ether oxygens (including phenoxy) is 1. The van der Waals surface area contributed by atoms with Crippen LogP contribution in [-0.2, 0) is 16.6 Å². The molecule has 2 rings (SSSR count). The van der Waals surface area contributed by atoms with Crippen molar-refractivity contribution in [3.63, 3.8) is 0 Å². The van der Waals surface area contributed by atoms with Crippen molar-refractivity contribution in [2.24, 2.45) is 0 Å². The molecule has 0 fully saturated rings. The van der Waals surface area contributed by atoms with Crippen molar-refractivity contribution in [3.8, 4) is 5.75 Å². The molecule has 0 saturated carbocycles. The zero-order chi connectivity index (χ0) is 17.3. The molecule has 0 radical (unpaired) electrons. The van der Waals surface area contributed by atoms with Crippen molar-refractivity contribution in [1.29, 1.82) is 0 Å². The smallest absolute Gasteiger partial charge is 0.246 e. The van der Waals surface area contributed by atoms with E-state index >= 15 is 0 Å². The van der Waals surface area contributed by atoms with Crippen LogP contribution in [0.5, 0.6) is 5.75 Å². The summed E-state index contributed by atoms with van der Waals surface area (Å²) in [6.07, 6.45) is 0. The van der Waals surface area contributed by atoms with Crippen molar-refractivity contribution in [3.05, 3.63) is 41.3 Å². The van der Waals surface area contributed by atoms with E-state index in [1.807, 2.05) is 45.0 Å². The zero-order valence-corrected chi connectivity index (χ0v) is 14.8. The molecule has 1 aromatic heterocycles. The van der Waals surface area contributed by atoms with E-state index in [4.69, 9.17) is 9.26 Å². The van der Waals surface area contributed by atoms with Crippen molar-refractivity contribution in [2.45, 2.75) is 51.7 Å². The highest BCUT2D eigenvalue weighted by molar-refractivity contribution is 7.89. The van der Waals surface area contributed by atoms with E-state index in [-0.39, 0.29) is 22.8 Å². The van der Waals surface area contributed by atoms with E-state index in [0.717, 1.165) is 11.3 Å². The van der Waals surface area contributed by atoms with E-state index in [0.29, 0.717) is 5.69 Å². The number of rotatable bonds is 5. The molecule has 0 bridgehead atoms. The highest BCUT2D eigenvalue weighted by atomic mass is 32.2. The normalized spacial score (nSPS) is 12.4. The summed E-state index contributed by atoms with van der Waals surface area (Å²) in [5.74, 6) is 1.03. The Morgan fingerprint density at radius 1 is 1.17 bits per heavy atom. The van der Waals surface area contributed by atoms with Gasteiger partial charge in [-0.2, -0.15) is 0 Å². The van der Waals surface area contributed by atoms with E-state index in [1.54, 1.807) is 13.8 Å². The molecule has 0 unspecified atom stereocenters. The van der Waals surface area contributed by atoms with Crippen molar-refractivity contribution < 1.29 is 17.7 Å². The molecule has 0 saturated heterocycles. The molecule has 0 amide bonds. The highest BCUT2D eigenvalue weighted by Crippen LogP contribution is 2.20. The Labute approximate surface area is 136 Å². The number of aromatic nitrogens is 1. The van der Waals surface area contributed by atoms with Crippen LogP contribution in [-0.4, -0.2) is 19.2 Å². The molecule has 1 heterocycles. The van der Waals surface area contributed by atoms with Crippen LogP contribution >= 0.6 is 0 Å². The maximum Gasteiger partial charge on any atom is 0.246 e. The van der Waals surface area contributed by atoms with E-state index in [1.165, 1.54) is 0 Å². The molecule has 0 spiro atoms. The number of benzene rings is 1. The van der Waals surface area contributed by atoms with Gasteiger partial charge in [0.25, 0.3) is 0 Å². The summed E-state index contributed by atoms with van der Waals surface area (Å²) in [5.41, 5.74) is 0.914. The van der Waals surface area contributed by atoms with Gasteiger partial charge in [0.05, 0.1) is 0 Å². The van der Waals surface area contributed by atoms with Crippen molar-refractivity contribution in [1.82, 2.24) is 9.88 Å². The van der Waals surface area contributed by atoms with Crippen molar-refractivity contribution in [2.75, 3.05) is 0 Å². The lowest BCUT2D eigenvalue weighted by atomic mass is 10.2. The molecular weight excluding hydrogens is 316 g/mol. The SMILES string of the molecule is Cc1noc(C)c1S(=O)(=O)NCc1ccc(OC(C)(C)C)cc1. The van der Waals surface area contributed by atoms with Crippen LogP contribution in [0.15, 0.2) is 33.7 Å². The Balaban J connectivity index is 2.06. The number of hydrogen-bond acceptors (Lipinski definition) is 5. The summed E-state index contributed by atoms with van der Waals surface area (Å²) >= 11 is 0. The predicted molar refractivity (Wildman–Crippen MR) is 86.8 cm³/mol. The van der Waals surface area contributed by atoms with Gasteiger partial charge in [-0.3, -0.25) is 0 Å². The molecule has 0 aliphatic heterocycles. The quantitative estimate of drug-likeness (QED) is 0.906. The summed E-state index contributed by atoms with van der Waals surface area (Å²) in [6.45, 7) is 9.27. The van der Waals surface area contributed by atoms with Gasteiger partial charge < -0.3 is 9.26 Å². The minimum Gasteiger partial charge on any atom is -0.488 e. The molecule has 0 atom stereocenters. The van der Waals surface area contributed by atoms with Gasteiger partial charge in [0.1, 0.15) is 21.9 Å². The molecule has 0 aliphatic carbocycles. The fourth-order valence-electron chi connectivity index (χ4n) is 2.14. The van der Waals surface area contributed by atoms with Crippen LogP contribution < -0.4 is 9.46 Å². The lowest BCUT2D eigenvalue weighted by molar-refractivity contribution is 0.131. The highest BCUT2D eigenvalue weighted by Gasteiger charge is 2.23. The van der Waals surface area contributed by atoms with Crippen LogP contribution in [0.2, 0.25) is 0 Å². The summed E-state index contributed by atoms with van der Waals surface area (Å²) < 4.78 is 37.9. The van der Waals surface area contributed by atoms with Crippen LogP contribution in [0, 0.1) is 13.8 Å². The topological polar surface area (TPSA) is 81.4 Å². The first-order valence-corrected chi connectivity index (χ1v) is 8.77. The molecular formula is C16H22N2O4S. The van der Waals surface area contributed by atoms with Gasteiger partial charge in [0.15, 0.2) is 5.76 Å². The summed E-state index contributed by atoms with van der Waals surface area (Å²) in [6, 6.07) is 7.31. The van der Waals surface area contributed by atoms with Crippen LogP contribution in [0.3, 0.4) is 0 Å². The number of aryl methyl sites for hydroxylation is 2. The third-order valence-electron chi connectivity index (χ3n) is 3.05. The van der Waals surface area contributed by atoms with E-state index in [2.05, 4.69) is 9.88 Å². The average molecular weight is 338 g/mol. The van der Waals surface area contributed by atoms with Gasteiger partial charge in [-0.15, -0.1) is 0 Å². The fourth-order valence-corrected chi connectivity index (χ4v) is 3.48. The first-order chi connectivity index (χ1) is 10.6. The maximum atomic E-state index is 12.3. The van der Waals surface area contributed by atoms with Gasteiger partial charge in [0, 0.05) is 6.54 Å². The third kappa shape index (κ3) is 4.56. The Morgan fingerprint density at radius 3 is 2.26 bits per heavy atom. The van der Waals surface area contributed by atoms with E-state index < -0.39 is 10.0 Å². The van der Waals surface area contributed by atoms with Gasteiger partial charge >= 0.3 is 0 Å². The number of nitrogens with zero attached hydrogens (tertiary/aromatic N) is 1. The molecule has 2 aromatic rings. The summed E-state index contributed by atoms with van der Waals surface area (Å²) in [7, 11) is -3.65. The number of nitrogens with one attached hydrogen (secondary N) is 1. The lowest BCUT2D eigenvalue weighted by Gasteiger charge is -2.21. The lowest BCUT2D eigenvalue weighted by Crippen LogP contribution is -2.24. The summed E-state index contributed by atoms with van der Waals surface area (Å²) in [5, 5.41) is 3.67. The molecule has 126 valence electrons. The van der Waals surface area contributed by atoms with Crippen molar-refractivity contribution >= 4 is 10.0 Å². The van der Waals surface area contributed by atoms with Crippen LogP contribution in [0.4, 0.5) is 0 Å². The second kappa shape index (κ2) is 6.33. The van der Waals surface area contributed by atoms with Gasteiger partial charge in [-0.05, 0) is 52.3 Å². The minimum atomic E-state index is -3.65. The predicted octanol–water partition coefficient (Wildman–Crippen LogP) is 2.95. The van der Waals surface area contributed by atoms with Crippen LogP contribution in [0.25, 0.3) is 0 Å². The molecule has 23 heavy (non-hydrogen) atoms. The fraction of sp³-hybridized carbons (Fsp3) is 0.438. The zero-order valence-electron chi connectivity index (χ0n) is 14.0. The molecule has 1 N–H and O–H groups in total. The third-order valence-corrected chi connectivity index (χ3v) is 4.70. The molecule has 1 aromatic carbocycles. The second-order valence-corrected chi connectivity index (χ2v) is 8.04.